The Labute approximate surface area is 87.9 Å². The van der Waals surface area contributed by atoms with Crippen molar-refractivity contribution >= 4 is 0 Å². The van der Waals surface area contributed by atoms with E-state index in [-0.39, 0.29) is 6.10 Å². The highest BCUT2D eigenvalue weighted by atomic mass is 16.3. The van der Waals surface area contributed by atoms with Crippen LogP contribution in [-0.4, -0.2) is 11.2 Å². The first-order chi connectivity index (χ1) is 6.77. The minimum atomic E-state index is 0.0277. The Kier molecular flexibility index (Phi) is 3.16. The monoisotopic (exact) mass is 196 g/mol. The summed E-state index contributed by atoms with van der Waals surface area (Å²) in [5, 5.41) is 9.67. The van der Waals surface area contributed by atoms with E-state index >= 15 is 0 Å². The van der Waals surface area contributed by atoms with E-state index in [1.807, 2.05) is 0 Å². The molecule has 82 valence electrons. The Balaban J connectivity index is 1.72. The van der Waals surface area contributed by atoms with Gasteiger partial charge in [0.1, 0.15) is 0 Å². The average molecular weight is 196 g/mol. The molecule has 0 bridgehead atoms. The van der Waals surface area contributed by atoms with E-state index in [1.54, 1.807) is 0 Å². The molecule has 0 aromatic rings. The first-order valence-electron chi connectivity index (χ1n) is 6.45. The zero-order chi connectivity index (χ0) is 10.0. The zero-order valence-corrected chi connectivity index (χ0v) is 9.47. The van der Waals surface area contributed by atoms with Gasteiger partial charge in [0, 0.05) is 0 Å². The van der Waals surface area contributed by atoms with Crippen molar-refractivity contribution in [3.05, 3.63) is 0 Å². The van der Waals surface area contributed by atoms with E-state index < -0.39 is 0 Å². The van der Waals surface area contributed by atoms with Crippen LogP contribution in [0.3, 0.4) is 0 Å². The van der Waals surface area contributed by atoms with Crippen LogP contribution in [0, 0.1) is 11.3 Å². The molecule has 2 rings (SSSR count). The van der Waals surface area contributed by atoms with Gasteiger partial charge in [-0.05, 0) is 43.4 Å². The lowest BCUT2D eigenvalue weighted by Crippen LogP contribution is -2.21. The van der Waals surface area contributed by atoms with Crippen LogP contribution in [0.1, 0.15) is 64.7 Å². The first kappa shape index (κ1) is 10.5. The van der Waals surface area contributed by atoms with Crippen LogP contribution >= 0.6 is 0 Å². The topological polar surface area (TPSA) is 20.2 Å². The molecule has 0 aromatic carbocycles. The molecule has 2 fully saturated rings. The summed E-state index contributed by atoms with van der Waals surface area (Å²) >= 11 is 0. The van der Waals surface area contributed by atoms with E-state index in [2.05, 4.69) is 6.92 Å². The average Bonchev–Trinajstić information content (AvgIpc) is 2.78. The number of hydrogen-bond acceptors (Lipinski definition) is 1. The van der Waals surface area contributed by atoms with Crippen molar-refractivity contribution < 1.29 is 5.11 Å². The van der Waals surface area contributed by atoms with Crippen LogP contribution in [0.15, 0.2) is 0 Å². The summed E-state index contributed by atoms with van der Waals surface area (Å²) < 4.78 is 0. The van der Waals surface area contributed by atoms with Crippen LogP contribution in [0.4, 0.5) is 0 Å². The minimum absolute atomic E-state index is 0.0277. The van der Waals surface area contributed by atoms with Crippen LogP contribution in [0.2, 0.25) is 0 Å². The molecule has 2 aliphatic rings. The molecule has 1 nitrogen and oxygen atoms in total. The standard InChI is InChI=1S/C13H24O/c1-2-3-4-6-11-9-13(11)8-5-7-12(14)10-13/h11-12,14H,2-10H2,1H3. The highest BCUT2D eigenvalue weighted by molar-refractivity contribution is 5.04. The molecule has 1 spiro atoms. The third-order valence-corrected chi connectivity index (χ3v) is 4.37. The van der Waals surface area contributed by atoms with Gasteiger partial charge in [0.25, 0.3) is 0 Å². The smallest absolute Gasteiger partial charge is 0.0545 e. The van der Waals surface area contributed by atoms with Crippen molar-refractivity contribution in [3.8, 4) is 0 Å². The van der Waals surface area contributed by atoms with Crippen LogP contribution in [0.25, 0.3) is 0 Å². The zero-order valence-electron chi connectivity index (χ0n) is 9.47. The second-order valence-electron chi connectivity index (χ2n) is 5.51. The lowest BCUT2D eigenvalue weighted by molar-refractivity contribution is 0.0858. The molecule has 14 heavy (non-hydrogen) atoms. The van der Waals surface area contributed by atoms with Crippen molar-refractivity contribution in [2.45, 2.75) is 70.8 Å². The number of hydrogen-bond donors (Lipinski definition) is 1. The molecule has 1 heteroatoms. The maximum absolute atomic E-state index is 9.67. The van der Waals surface area contributed by atoms with Crippen LogP contribution in [0.5, 0.6) is 0 Å². The molecule has 0 radical (unpaired) electrons. The summed E-state index contributed by atoms with van der Waals surface area (Å²) in [6, 6.07) is 0. The highest BCUT2D eigenvalue weighted by Crippen LogP contribution is 2.63. The number of rotatable bonds is 4. The molecular formula is C13H24O. The maximum atomic E-state index is 9.67. The van der Waals surface area contributed by atoms with Crippen molar-refractivity contribution in [3.63, 3.8) is 0 Å². The van der Waals surface area contributed by atoms with Gasteiger partial charge in [0.05, 0.1) is 6.10 Å². The summed E-state index contributed by atoms with van der Waals surface area (Å²) in [6.07, 6.45) is 11.9. The fourth-order valence-corrected chi connectivity index (χ4v) is 3.40. The molecule has 0 amide bonds. The molecular weight excluding hydrogens is 172 g/mol. The third kappa shape index (κ3) is 2.13. The molecule has 0 heterocycles. The molecule has 0 aromatic heterocycles. The first-order valence-corrected chi connectivity index (χ1v) is 6.45. The molecule has 2 aliphatic carbocycles. The molecule has 3 atom stereocenters. The Morgan fingerprint density at radius 2 is 2.14 bits per heavy atom. The largest absolute Gasteiger partial charge is 0.393 e. The van der Waals surface area contributed by atoms with E-state index in [0.29, 0.717) is 5.41 Å². The van der Waals surface area contributed by atoms with Crippen LogP contribution < -0.4 is 0 Å². The van der Waals surface area contributed by atoms with Gasteiger partial charge in [-0.25, -0.2) is 0 Å². The van der Waals surface area contributed by atoms with Crippen molar-refractivity contribution in [1.82, 2.24) is 0 Å². The van der Waals surface area contributed by atoms with Crippen LogP contribution in [-0.2, 0) is 0 Å². The predicted octanol–water partition coefficient (Wildman–Crippen LogP) is 3.51. The fraction of sp³-hybridized carbons (Fsp3) is 1.00. The van der Waals surface area contributed by atoms with E-state index in [9.17, 15) is 5.11 Å². The third-order valence-electron chi connectivity index (χ3n) is 4.37. The lowest BCUT2D eigenvalue weighted by Gasteiger charge is -2.27. The van der Waals surface area contributed by atoms with Gasteiger partial charge in [-0.1, -0.05) is 32.6 Å². The van der Waals surface area contributed by atoms with Gasteiger partial charge >= 0.3 is 0 Å². The summed E-state index contributed by atoms with van der Waals surface area (Å²) in [6.45, 7) is 2.27. The van der Waals surface area contributed by atoms with Crippen molar-refractivity contribution in [2.75, 3.05) is 0 Å². The van der Waals surface area contributed by atoms with E-state index in [4.69, 9.17) is 0 Å². The number of aliphatic hydroxyl groups excluding tert-OH is 1. The normalized spacial score (nSPS) is 41.6. The molecule has 0 saturated heterocycles. The predicted molar refractivity (Wildman–Crippen MR) is 59.2 cm³/mol. The number of aliphatic hydroxyl groups is 1. The van der Waals surface area contributed by atoms with Crippen molar-refractivity contribution in [2.24, 2.45) is 11.3 Å². The SMILES string of the molecule is CCCCCC1CC12CCCC(O)C2. The summed E-state index contributed by atoms with van der Waals surface area (Å²) in [7, 11) is 0. The van der Waals surface area contributed by atoms with Gasteiger partial charge < -0.3 is 5.11 Å². The Morgan fingerprint density at radius 3 is 2.86 bits per heavy atom. The quantitative estimate of drug-likeness (QED) is 0.682. The Bertz CT molecular complexity index is 190. The second-order valence-corrected chi connectivity index (χ2v) is 5.51. The van der Waals surface area contributed by atoms with E-state index in [0.717, 1.165) is 18.8 Å². The summed E-state index contributed by atoms with van der Waals surface area (Å²) in [5.74, 6) is 0.976. The fourth-order valence-electron chi connectivity index (χ4n) is 3.40. The molecule has 1 N–H and O–H groups in total. The maximum Gasteiger partial charge on any atom is 0.0545 e. The van der Waals surface area contributed by atoms with Gasteiger partial charge in [0.2, 0.25) is 0 Å². The lowest BCUT2D eigenvalue weighted by atomic mass is 9.82. The Morgan fingerprint density at radius 1 is 1.29 bits per heavy atom. The second kappa shape index (κ2) is 4.22. The molecule has 0 aliphatic heterocycles. The number of unbranched alkanes of at least 4 members (excludes halogenated alkanes) is 2. The van der Waals surface area contributed by atoms with Gasteiger partial charge in [-0.2, -0.15) is 0 Å². The van der Waals surface area contributed by atoms with Crippen molar-refractivity contribution in [1.29, 1.82) is 0 Å². The van der Waals surface area contributed by atoms with Gasteiger partial charge in [0.15, 0.2) is 0 Å². The van der Waals surface area contributed by atoms with Gasteiger partial charge in [-0.15, -0.1) is 0 Å². The summed E-state index contributed by atoms with van der Waals surface area (Å²) in [5.41, 5.74) is 0.616. The molecule has 3 unspecified atom stereocenters. The molecule has 2 saturated carbocycles. The minimum Gasteiger partial charge on any atom is -0.393 e. The Hall–Kier alpha value is -0.0400. The van der Waals surface area contributed by atoms with E-state index in [1.165, 1.54) is 44.9 Å². The highest BCUT2D eigenvalue weighted by Gasteiger charge is 2.54. The van der Waals surface area contributed by atoms with Gasteiger partial charge in [-0.3, -0.25) is 0 Å². The summed E-state index contributed by atoms with van der Waals surface area (Å²) in [4.78, 5) is 0.